The Balaban J connectivity index is 2.91. The lowest BCUT2D eigenvalue weighted by Crippen LogP contribution is -2.47. The van der Waals surface area contributed by atoms with Crippen LogP contribution in [0.1, 0.15) is 5.56 Å². The van der Waals surface area contributed by atoms with E-state index in [4.69, 9.17) is 21.8 Å². The number of carbonyl (C=O) groups is 2. The highest BCUT2D eigenvalue weighted by Gasteiger charge is 2.28. The third-order valence-corrected chi connectivity index (χ3v) is 2.69. The quantitative estimate of drug-likeness (QED) is 0.747. The van der Waals surface area contributed by atoms with Crippen molar-refractivity contribution in [1.29, 1.82) is 0 Å². The third kappa shape index (κ3) is 3.72. The number of hydrogen-bond donors (Lipinski definition) is 2. The molecule has 0 aromatic heterocycles. The van der Waals surface area contributed by atoms with Gasteiger partial charge in [-0.1, -0.05) is 30.3 Å². The van der Waals surface area contributed by atoms with E-state index >= 15 is 0 Å². The average Bonchev–Trinajstić information content (AvgIpc) is 2.38. The molecule has 0 saturated heterocycles. The van der Waals surface area contributed by atoms with E-state index in [-0.39, 0.29) is 12.4 Å². The molecular weight excluding hydrogens is 258 g/mol. The number of nitrogens with zero attached hydrogens (tertiary/aromatic N) is 1. The van der Waals surface area contributed by atoms with Gasteiger partial charge in [0, 0.05) is 6.54 Å². The summed E-state index contributed by atoms with van der Waals surface area (Å²) >= 11 is 5.45. The highest BCUT2D eigenvalue weighted by molar-refractivity contribution is 6.27. The Bertz CT molecular complexity index is 410. The number of aliphatic hydroxyl groups is 1. The van der Waals surface area contributed by atoms with E-state index in [1.807, 2.05) is 6.07 Å². The molecule has 0 aliphatic rings. The molecule has 1 aromatic rings. The van der Waals surface area contributed by atoms with Crippen LogP contribution in [0.3, 0.4) is 0 Å². The van der Waals surface area contributed by atoms with E-state index in [9.17, 15) is 9.59 Å². The first-order valence-electron chi connectivity index (χ1n) is 5.33. The van der Waals surface area contributed by atoms with E-state index in [1.54, 1.807) is 24.3 Å². The molecule has 1 unspecified atom stereocenters. The molecule has 1 amide bonds. The first-order chi connectivity index (χ1) is 8.60. The smallest absolute Gasteiger partial charge is 0.328 e. The number of carboxylic acid groups (broad SMARTS) is 1. The molecule has 1 atom stereocenters. The molecule has 5 nitrogen and oxygen atoms in total. The van der Waals surface area contributed by atoms with Gasteiger partial charge >= 0.3 is 5.97 Å². The van der Waals surface area contributed by atoms with Gasteiger partial charge in [-0.2, -0.15) is 0 Å². The van der Waals surface area contributed by atoms with Crippen LogP contribution in [0.4, 0.5) is 0 Å². The molecule has 0 spiro atoms. The topological polar surface area (TPSA) is 77.8 Å². The van der Waals surface area contributed by atoms with Gasteiger partial charge in [-0.05, 0) is 5.56 Å². The molecule has 98 valence electrons. The van der Waals surface area contributed by atoms with Crippen LogP contribution in [0.25, 0.3) is 0 Å². The van der Waals surface area contributed by atoms with Gasteiger partial charge < -0.3 is 15.1 Å². The van der Waals surface area contributed by atoms with Gasteiger partial charge in [0.15, 0.2) is 6.04 Å². The molecule has 6 heteroatoms. The maximum absolute atomic E-state index is 11.6. The molecule has 0 aliphatic carbocycles. The van der Waals surface area contributed by atoms with Crippen molar-refractivity contribution in [2.75, 3.05) is 12.5 Å². The summed E-state index contributed by atoms with van der Waals surface area (Å²) in [6, 6.07) is 7.64. The molecule has 0 heterocycles. The summed E-state index contributed by atoms with van der Waals surface area (Å²) < 4.78 is 0. The van der Waals surface area contributed by atoms with Crippen molar-refractivity contribution in [3.63, 3.8) is 0 Å². The number of rotatable bonds is 6. The second kappa shape index (κ2) is 6.98. The summed E-state index contributed by atoms with van der Waals surface area (Å²) in [6.45, 7) is -0.547. The van der Waals surface area contributed by atoms with Crippen molar-refractivity contribution >= 4 is 23.5 Å². The second-order valence-electron chi connectivity index (χ2n) is 3.68. The van der Waals surface area contributed by atoms with E-state index < -0.39 is 24.5 Å². The van der Waals surface area contributed by atoms with Gasteiger partial charge in [0.25, 0.3) is 0 Å². The molecule has 1 aromatic carbocycles. The molecule has 0 aliphatic heterocycles. The van der Waals surface area contributed by atoms with Crippen molar-refractivity contribution < 1.29 is 19.8 Å². The fraction of sp³-hybridized carbons (Fsp3) is 0.333. The van der Waals surface area contributed by atoms with Crippen LogP contribution in [0, 0.1) is 0 Å². The van der Waals surface area contributed by atoms with Crippen LogP contribution in [-0.2, 0) is 16.1 Å². The number of halogens is 1. The van der Waals surface area contributed by atoms with Crippen molar-refractivity contribution in [3.05, 3.63) is 35.9 Å². The third-order valence-electron chi connectivity index (χ3n) is 2.46. The van der Waals surface area contributed by atoms with Crippen LogP contribution in [0.15, 0.2) is 30.3 Å². The van der Waals surface area contributed by atoms with Crippen LogP contribution < -0.4 is 0 Å². The lowest BCUT2D eigenvalue weighted by molar-refractivity contribution is -0.151. The van der Waals surface area contributed by atoms with E-state index in [1.165, 1.54) is 0 Å². The predicted octanol–water partition coefficient (Wildman–Crippen LogP) is 0.699. The highest BCUT2D eigenvalue weighted by atomic mass is 35.5. The molecule has 0 radical (unpaired) electrons. The minimum atomic E-state index is -1.28. The van der Waals surface area contributed by atoms with Gasteiger partial charge in [-0.25, -0.2) is 4.79 Å². The number of amides is 1. The van der Waals surface area contributed by atoms with E-state index in [2.05, 4.69) is 0 Å². The largest absolute Gasteiger partial charge is 0.480 e. The average molecular weight is 272 g/mol. The Morgan fingerprint density at radius 3 is 2.33 bits per heavy atom. The van der Waals surface area contributed by atoms with Crippen molar-refractivity contribution in [1.82, 2.24) is 4.90 Å². The maximum Gasteiger partial charge on any atom is 0.328 e. The lowest BCUT2D eigenvalue weighted by Gasteiger charge is -2.27. The molecule has 0 bridgehead atoms. The number of benzene rings is 1. The SMILES string of the molecule is O=C(O)C(CO)N(Cc1ccccc1)C(=O)CCl. The molecule has 1 rings (SSSR count). The summed E-state index contributed by atoms with van der Waals surface area (Å²) in [5.41, 5.74) is 0.774. The fourth-order valence-electron chi connectivity index (χ4n) is 1.54. The van der Waals surface area contributed by atoms with Gasteiger partial charge in [-0.15, -0.1) is 11.6 Å². The standard InChI is InChI=1S/C12H14ClNO4/c13-6-11(16)14(10(8-15)12(17)18)7-9-4-2-1-3-5-9/h1-5,10,15H,6-8H2,(H,17,18). The molecule has 2 N–H and O–H groups in total. The normalized spacial score (nSPS) is 11.9. The van der Waals surface area contributed by atoms with Crippen molar-refractivity contribution in [2.24, 2.45) is 0 Å². The number of carboxylic acids is 1. The van der Waals surface area contributed by atoms with Crippen LogP contribution in [-0.4, -0.2) is 45.5 Å². The van der Waals surface area contributed by atoms with Gasteiger partial charge in [0.2, 0.25) is 5.91 Å². The minimum Gasteiger partial charge on any atom is -0.480 e. The van der Waals surface area contributed by atoms with Gasteiger partial charge in [0.1, 0.15) is 5.88 Å². The predicted molar refractivity (Wildman–Crippen MR) is 66.2 cm³/mol. The summed E-state index contributed by atoms with van der Waals surface area (Å²) in [5.74, 6) is -2.11. The number of alkyl halides is 1. The van der Waals surface area contributed by atoms with Gasteiger partial charge in [0.05, 0.1) is 6.61 Å². The Kier molecular flexibility index (Phi) is 5.61. The Hall–Kier alpha value is -1.59. The number of aliphatic hydroxyl groups excluding tert-OH is 1. The molecular formula is C12H14ClNO4. The summed E-state index contributed by atoms with van der Waals surface area (Å²) in [6.07, 6.45) is 0. The van der Waals surface area contributed by atoms with E-state index in [0.29, 0.717) is 0 Å². The zero-order chi connectivity index (χ0) is 13.5. The van der Waals surface area contributed by atoms with Crippen molar-refractivity contribution in [3.8, 4) is 0 Å². The molecule has 0 saturated carbocycles. The Labute approximate surface area is 110 Å². The Morgan fingerprint density at radius 1 is 1.28 bits per heavy atom. The summed E-state index contributed by atoms with van der Waals surface area (Å²) in [7, 11) is 0. The number of carbonyl (C=O) groups excluding carboxylic acids is 1. The minimum absolute atomic E-state index is 0.101. The Morgan fingerprint density at radius 2 is 1.89 bits per heavy atom. The fourth-order valence-corrected chi connectivity index (χ4v) is 1.69. The van der Waals surface area contributed by atoms with Crippen LogP contribution >= 0.6 is 11.6 Å². The second-order valence-corrected chi connectivity index (χ2v) is 3.94. The first kappa shape index (κ1) is 14.5. The molecule has 0 fully saturated rings. The van der Waals surface area contributed by atoms with Crippen molar-refractivity contribution in [2.45, 2.75) is 12.6 Å². The van der Waals surface area contributed by atoms with E-state index in [0.717, 1.165) is 10.5 Å². The zero-order valence-corrected chi connectivity index (χ0v) is 10.4. The molecule has 18 heavy (non-hydrogen) atoms. The maximum atomic E-state index is 11.6. The lowest BCUT2D eigenvalue weighted by atomic mass is 10.1. The zero-order valence-electron chi connectivity index (χ0n) is 9.62. The number of aliphatic carboxylic acids is 1. The number of hydrogen-bond acceptors (Lipinski definition) is 3. The highest BCUT2D eigenvalue weighted by Crippen LogP contribution is 2.10. The van der Waals surface area contributed by atoms with Crippen LogP contribution in [0.5, 0.6) is 0 Å². The summed E-state index contributed by atoms with van der Waals surface area (Å²) in [5, 5.41) is 18.0. The van der Waals surface area contributed by atoms with Crippen LogP contribution in [0.2, 0.25) is 0 Å². The summed E-state index contributed by atoms with van der Waals surface area (Å²) in [4.78, 5) is 23.7. The monoisotopic (exact) mass is 271 g/mol. The van der Waals surface area contributed by atoms with Gasteiger partial charge in [-0.3, -0.25) is 4.79 Å². The first-order valence-corrected chi connectivity index (χ1v) is 5.86.